The van der Waals surface area contributed by atoms with Gasteiger partial charge in [-0.1, -0.05) is 30.3 Å². The fraction of sp³-hybridized carbons (Fsp3) is 0.611. The maximum absolute atomic E-state index is 12.4. The summed E-state index contributed by atoms with van der Waals surface area (Å²) >= 11 is 2.01. The lowest BCUT2D eigenvalue weighted by Crippen LogP contribution is -2.48. The minimum atomic E-state index is 0.381. The van der Waals surface area contributed by atoms with Crippen molar-refractivity contribution in [3.8, 4) is 0 Å². The van der Waals surface area contributed by atoms with Crippen LogP contribution in [0.15, 0.2) is 30.3 Å². The van der Waals surface area contributed by atoms with E-state index < -0.39 is 0 Å². The Hall–Kier alpha value is -1.00. The Morgan fingerprint density at radius 2 is 1.91 bits per heavy atom. The zero-order valence-electron chi connectivity index (χ0n) is 13.2. The van der Waals surface area contributed by atoms with E-state index in [9.17, 15) is 4.79 Å². The molecule has 2 aliphatic rings. The van der Waals surface area contributed by atoms with Crippen LogP contribution in [0.5, 0.6) is 0 Å². The van der Waals surface area contributed by atoms with Gasteiger partial charge in [-0.3, -0.25) is 9.69 Å². The lowest BCUT2D eigenvalue weighted by atomic mass is 10.0. The fourth-order valence-electron chi connectivity index (χ4n) is 3.34. The number of rotatable bonds is 4. The van der Waals surface area contributed by atoms with Crippen molar-refractivity contribution in [2.24, 2.45) is 5.92 Å². The van der Waals surface area contributed by atoms with Crippen LogP contribution >= 0.6 is 11.8 Å². The number of hydrogen-bond donors (Lipinski definition) is 0. The molecule has 0 aliphatic carbocycles. The first-order valence-corrected chi connectivity index (χ1v) is 9.58. The van der Waals surface area contributed by atoms with Crippen molar-refractivity contribution >= 4 is 17.7 Å². The van der Waals surface area contributed by atoms with Crippen LogP contribution in [-0.4, -0.2) is 53.4 Å². The molecule has 0 spiro atoms. The van der Waals surface area contributed by atoms with Gasteiger partial charge in [0, 0.05) is 39.1 Å². The molecule has 2 fully saturated rings. The molecule has 0 N–H and O–H groups in total. The summed E-state index contributed by atoms with van der Waals surface area (Å²) < 4.78 is 0. The Kier molecular flexibility index (Phi) is 5.79. The predicted octanol–water partition coefficient (Wildman–Crippen LogP) is 2.86. The van der Waals surface area contributed by atoms with E-state index in [2.05, 4.69) is 40.1 Å². The summed E-state index contributed by atoms with van der Waals surface area (Å²) in [5, 5.41) is 0. The molecule has 0 bridgehead atoms. The van der Waals surface area contributed by atoms with Gasteiger partial charge < -0.3 is 4.90 Å². The Morgan fingerprint density at radius 3 is 2.59 bits per heavy atom. The van der Waals surface area contributed by atoms with Gasteiger partial charge in [-0.05, 0) is 35.8 Å². The van der Waals surface area contributed by atoms with E-state index in [1.807, 2.05) is 11.8 Å². The van der Waals surface area contributed by atoms with Gasteiger partial charge >= 0.3 is 0 Å². The number of piperazine rings is 1. The van der Waals surface area contributed by atoms with Gasteiger partial charge in [0.2, 0.25) is 5.91 Å². The van der Waals surface area contributed by atoms with E-state index in [1.54, 1.807) is 0 Å². The molecule has 3 nitrogen and oxygen atoms in total. The molecule has 2 aliphatic heterocycles. The monoisotopic (exact) mass is 318 g/mol. The maximum atomic E-state index is 12.4. The van der Waals surface area contributed by atoms with Crippen molar-refractivity contribution in [2.45, 2.75) is 25.8 Å². The van der Waals surface area contributed by atoms with Gasteiger partial charge in [0.05, 0.1) is 0 Å². The van der Waals surface area contributed by atoms with E-state index in [4.69, 9.17) is 0 Å². The molecule has 3 rings (SSSR count). The van der Waals surface area contributed by atoms with Crippen molar-refractivity contribution in [3.63, 3.8) is 0 Å². The molecule has 4 heteroatoms. The Morgan fingerprint density at radius 1 is 1.14 bits per heavy atom. The zero-order valence-corrected chi connectivity index (χ0v) is 14.1. The van der Waals surface area contributed by atoms with Gasteiger partial charge in [0.25, 0.3) is 0 Å². The van der Waals surface area contributed by atoms with Crippen LogP contribution in [0.25, 0.3) is 0 Å². The average molecular weight is 318 g/mol. The van der Waals surface area contributed by atoms with Gasteiger partial charge in [-0.15, -0.1) is 0 Å². The lowest BCUT2D eigenvalue weighted by molar-refractivity contribution is -0.133. The summed E-state index contributed by atoms with van der Waals surface area (Å²) in [6, 6.07) is 10.6. The van der Waals surface area contributed by atoms with E-state index in [0.29, 0.717) is 11.8 Å². The number of carbonyl (C=O) groups is 1. The van der Waals surface area contributed by atoms with Gasteiger partial charge in [-0.2, -0.15) is 11.8 Å². The number of benzene rings is 1. The van der Waals surface area contributed by atoms with Crippen LogP contribution < -0.4 is 0 Å². The van der Waals surface area contributed by atoms with Crippen molar-refractivity contribution in [1.29, 1.82) is 0 Å². The standard InChI is InChI=1S/C18H26N2OS/c21-18(13-17-7-4-12-22-15-17)20-10-8-19(9-11-20)14-16-5-2-1-3-6-16/h1-3,5-6,17H,4,7-15H2. The molecule has 1 amide bonds. The highest BCUT2D eigenvalue weighted by Gasteiger charge is 2.24. The summed E-state index contributed by atoms with van der Waals surface area (Å²) in [5.74, 6) is 3.46. The van der Waals surface area contributed by atoms with Gasteiger partial charge in [-0.25, -0.2) is 0 Å². The number of amides is 1. The second kappa shape index (κ2) is 8.02. The molecule has 2 saturated heterocycles. The molecule has 0 saturated carbocycles. The minimum absolute atomic E-state index is 0.381. The first-order valence-electron chi connectivity index (χ1n) is 8.43. The second-order valence-corrected chi connectivity index (χ2v) is 7.58. The quantitative estimate of drug-likeness (QED) is 0.853. The molecule has 1 unspecified atom stereocenters. The largest absolute Gasteiger partial charge is 0.340 e. The summed E-state index contributed by atoms with van der Waals surface area (Å²) in [5.41, 5.74) is 1.36. The van der Waals surface area contributed by atoms with Crippen LogP contribution in [-0.2, 0) is 11.3 Å². The second-order valence-electron chi connectivity index (χ2n) is 6.43. The zero-order chi connectivity index (χ0) is 15.2. The highest BCUT2D eigenvalue weighted by molar-refractivity contribution is 7.99. The van der Waals surface area contributed by atoms with E-state index in [0.717, 1.165) is 39.1 Å². The van der Waals surface area contributed by atoms with E-state index in [-0.39, 0.29) is 0 Å². The topological polar surface area (TPSA) is 23.6 Å². The van der Waals surface area contributed by atoms with E-state index in [1.165, 1.54) is 29.9 Å². The molecule has 22 heavy (non-hydrogen) atoms. The number of carbonyl (C=O) groups excluding carboxylic acids is 1. The maximum Gasteiger partial charge on any atom is 0.222 e. The first kappa shape index (κ1) is 15.9. The highest BCUT2D eigenvalue weighted by Crippen LogP contribution is 2.25. The van der Waals surface area contributed by atoms with Crippen molar-refractivity contribution < 1.29 is 4.79 Å². The predicted molar refractivity (Wildman–Crippen MR) is 93.0 cm³/mol. The highest BCUT2D eigenvalue weighted by atomic mass is 32.2. The summed E-state index contributed by atoms with van der Waals surface area (Å²) in [7, 11) is 0. The van der Waals surface area contributed by atoms with Gasteiger partial charge in [0.1, 0.15) is 0 Å². The van der Waals surface area contributed by atoms with Crippen LogP contribution in [0.1, 0.15) is 24.8 Å². The smallest absolute Gasteiger partial charge is 0.222 e. The SMILES string of the molecule is O=C(CC1CCCSC1)N1CCN(Cc2ccccc2)CC1. The number of thioether (sulfide) groups is 1. The molecule has 1 aromatic rings. The third-order valence-electron chi connectivity index (χ3n) is 4.69. The molecular weight excluding hydrogens is 292 g/mol. The van der Waals surface area contributed by atoms with Crippen LogP contribution in [0, 0.1) is 5.92 Å². The lowest BCUT2D eigenvalue weighted by Gasteiger charge is -2.35. The summed E-state index contributed by atoms with van der Waals surface area (Å²) in [6.45, 7) is 4.79. The molecule has 0 aromatic heterocycles. The first-order chi connectivity index (χ1) is 10.8. The minimum Gasteiger partial charge on any atom is -0.340 e. The Bertz CT molecular complexity index is 465. The molecule has 1 aromatic carbocycles. The van der Waals surface area contributed by atoms with Crippen LogP contribution in [0.2, 0.25) is 0 Å². The summed E-state index contributed by atoms with van der Waals surface area (Å²) in [4.78, 5) is 17.0. The average Bonchev–Trinajstić information content (AvgIpc) is 2.57. The number of hydrogen-bond acceptors (Lipinski definition) is 3. The Labute approximate surface area is 138 Å². The van der Waals surface area contributed by atoms with Crippen molar-refractivity contribution in [3.05, 3.63) is 35.9 Å². The fourth-order valence-corrected chi connectivity index (χ4v) is 4.50. The van der Waals surface area contributed by atoms with Crippen molar-refractivity contribution in [1.82, 2.24) is 9.80 Å². The normalized spacial score (nSPS) is 23.5. The molecule has 0 radical (unpaired) electrons. The van der Waals surface area contributed by atoms with Gasteiger partial charge in [0.15, 0.2) is 0 Å². The third kappa shape index (κ3) is 4.50. The van der Waals surface area contributed by atoms with E-state index >= 15 is 0 Å². The van der Waals surface area contributed by atoms with Crippen LogP contribution in [0.4, 0.5) is 0 Å². The molecule has 1 atom stereocenters. The Balaban J connectivity index is 1.42. The summed E-state index contributed by atoms with van der Waals surface area (Å²) in [6.07, 6.45) is 3.30. The molecule has 120 valence electrons. The number of nitrogens with zero attached hydrogens (tertiary/aromatic N) is 2. The molecular formula is C18H26N2OS. The van der Waals surface area contributed by atoms with Crippen LogP contribution in [0.3, 0.4) is 0 Å². The van der Waals surface area contributed by atoms with Crippen molar-refractivity contribution in [2.75, 3.05) is 37.7 Å². The third-order valence-corrected chi connectivity index (χ3v) is 5.98. The molecule has 2 heterocycles.